The van der Waals surface area contributed by atoms with E-state index in [9.17, 15) is 4.79 Å². The summed E-state index contributed by atoms with van der Waals surface area (Å²) in [5.41, 5.74) is 4.63. The van der Waals surface area contributed by atoms with Crippen LogP contribution in [0.5, 0.6) is 5.75 Å². The van der Waals surface area contributed by atoms with Crippen LogP contribution in [-0.2, 0) is 4.79 Å². The van der Waals surface area contributed by atoms with Crippen molar-refractivity contribution in [2.75, 3.05) is 12.4 Å². The Hall–Kier alpha value is -2.88. The molecular formula is C20H18N2O2. The maximum atomic E-state index is 12.6. The molecule has 1 aliphatic carbocycles. The zero-order valence-corrected chi connectivity index (χ0v) is 13.5. The Morgan fingerprint density at radius 2 is 1.88 bits per heavy atom. The minimum Gasteiger partial charge on any atom is -0.497 e. The number of nitrogens with zero attached hydrogens (tertiary/aromatic N) is 1. The molecule has 2 aliphatic rings. The number of hydrogen-bond acceptors (Lipinski definition) is 4. The van der Waals surface area contributed by atoms with Crippen LogP contribution in [-0.4, -0.2) is 19.1 Å². The minimum atomic E-state index is 0.140. The highest BCUT2D eigenvalue weighted by atomic mass is 16.5. The van der Waals surface area contributed by atoms with Gasteiger partial charge in [-0.05, 0) is 42.2 Å². The molecule has 0 saturated heterocycles. The van der Waals surface area contributed by atoms with E-state index in [2.05, 4.69) is 10.3 Å². The molecule has 1 aliphatic heterocycles. The average molecular weight is 318 g/mol. The number of hydrogen-bond donors (Lipinski definition) is 1. The molecule has 120 valence electrons. The van der Waals surface area contributed by atoms with Gasteiger partial charge in [0.05, 0.1) is 24.1 Å². The number of aliphatic imine (C=N–C) groups is 1. The first-order valence-corrected chi connectivity index (χ1v) is 8.05. The van der Waals surface area contributed by atoms with Crippen LogP contribution in [0.15, 0.2) is 64.8 Å². The Bertz CT molecular complexity index is 850. The molecule has 1 N–H and O–H groups in total. The number of rotatable bonds is 2. The zero-order chi connectivity index (χ0) is 16.5. The largest absolute Gasteiger partial charge is 0.497 e. The van der Waals surface area contributed by atoms with E-state index in [1.807, 2.05) is 48.5 Å². The molecule has 2 aromatic rings. The van der Waals surface area contributed by atoms with Crippen LogP contribution < -0.4 is 10.1 Å². The average Bonchev–Trinajstić information content (AvgIpc) is 2.81. The number of fused-ring (bicyclic) bond motifs is 1. The summed E-state index contributed by atoms with van der Waals surface area (Å²) in [5, 5.41) is 3.42. The molecule has 24 heavy (non-hydrogen) atoms. The van der Waals surface area contributed by atoms with Crippen LogP contribution in [0.2, 0.25) is 0 Å². The summed E-state index contributed by atoms with van der Waals surface area (Å²) in [4.78, 5) is 17.1. The number of ketones is 1. The van der Waals surface area contributed by atoms with Crippen molar-refractivity contribution in [1.82, 2.24) is 0 Å². The SMILES string of the molecule is COc1ccc(C2CC(=O)C3=C(C2)Nc2ccccc2N=C3)cc1. The van der Waals surface area contributed by atoms with Gasteiger partial charge in [0.1, 0.15) is 5.75 Å². The van der Waals surface area contributed by atoms with Crippen molar-refractivity contribution in [3.8, 4) is 5.75 Å². The van der Waals surface area contributed by atoms with Gasteiger partial charge in [0.15, 0.2) is 5.78 Å². The Labute approximate surface area is 140 Å². The molecule has 4 nitrogen and oxygen atoms in total. The van der Waals surface area contributed by atoms with Crippen LogP contribution in [0.3, 0.4) is 0 Å². The van der Waals surface area contributed by atoms with E-state index < -0.39 is 0 Å². The van der Waals surface area contributed by atoms with E-state index >= 15 is 0 Å². The highest BCUT2D eigenvalue weighted by molar-refractivity contribution is 6.16. The van der Waals surface area contributed by atoms with E-state index in [4.69, 9.17) is 4.74 Å². The number of allylic oxidation sites excluding steroid dienone is 2. The second-order valence-electron chi connectivity index (χ2n) is 6.09. The molecule has 0 fully saturated rings. The van der Waals surface area contributed by atoms with Gasteiger partial charge in [0.25, 0.3) is 0 Å². The molecule has 1 atom stereocenters. The Balaban J connectivity index is 1.65. The third-order valence-electron chi connectivity index (χ3n) is 4.62. The van der Waals surface area contributed by atoms with Crippen molar-refractivity contribution in [1.29, 1.82) is 0 Å². The zero-order valence-electron chi connectivity index (χ0n) is 13.5. The highest BCUT2D eigenvalue weighted by Gasteiger charge is 2.29. The molecule has 4 rings (SSSR count). The van der Waals surface area contributed by atoms with Gasteiger partial charge < -0.3 is 10.1 Å². The molecule has 0 saturated carbocycles. The molecule has 2 aromatic carbocycles. The van der Waals surface area contributed by atoms with Gasteiger partial charge >= 0.3 is 0 Å². The lowest BCUT2D eigenvalue weighted by molar-refractivity contribution is -0.115. The summed E-state index contributed by atoms with van der Waals surface area (Å²) in [6.45, 7) is 0. The number of nitrogens with one attached hydrogen (secondary N) is 1. The molecule has 0 radical (unpaired) electrons. The number of methoxy groups -OCH3 is 1. The molecular weight excluding hydrogens is 300 g/mol. The van der Waals surface area contributed by atoms with E-state index in [0.29, 0.717) is 12.0 Å². The molecule has 1 heterocycles. The third kappa shape index (κ3) is 2.60. The maximum absolute atomic E-state index is 12.6. The monoisotopic (exact) mass is 318 g/mol. The molecule has 0 spiro atoms. The lowest BCUT2D eigenvalue weighted by Gasteiger charge is -2.25. The van der Waals surface area contributed by atoms with E-state index in [1.165, 1.54) is 0 Å². The second kappa shape index (κ2) is 5.96. The van der Waals surface area contributed by atoms with Crippen molar-refractivity contribution >= 4 is 23.4 Å². The predicted octanol–water partition coefficient (Wildman–Crippen LogP) is 4.22. The van der Waals surface area contributed by atoms with Crippen LogP contribution >= 0.6 is 0 Å². The van der Waals surface area contributed by atoms with Crippen LogP contribution in [0, 0.1) is 0 Å². The summed E-state index contributed by atoms with van der Waals surface area (Å²) in [5.74, 6) is 1.14. The summed E-state index contributed by atoms with van der Waals surface area (Å²) in [6, 6.07) is 15.8. The Morgan fingerprint density at radius 3 is 2.67 bits per heavy atom. The number of carbonyl (C=O) groups excluding carboxylic acids is 1. The molecule has 0 amide bonds. The summed E-state index contributed by atoms with van der Waals surface area (Å²) in [7, 11) is 1.66. The van der Waals surface area contributed by atoms with E-state index in [0.717, 1.165) is 34.8 Å². The van der Waals surface area contributed by atoms with Gasteiger partial charge in [-0.25, -0.2) is 0 Å². The highest BCUT2D eigenvalue weighted by Crippen LogP contribution is 2.38. The van der Waals surface area contributed by atoms with Crippen molar-refractivity contribution < 1.29 is 9.53 Å². The smallest absolute Gasteiger partial charge is 0.166 e. The fraction of sp³-hybridized carbons (Fsp3) is 0.200. The lowest BCUT2D eigenvalue weighted by Crippen LogP contribution is -2.22. The van der Waals surface area contributed by atoms with Crippen LogP contribution in [0.25, 0.3) is 0 Å². The van der Waals surface area contributed by atoms with Crippen LogP contribution in [0.1, 0.15) is 24.3 Å². The number of benzene rings is 2. The number of carbonyl (C=O) groups is 1. The van der Waals surface area contributed by atoms with Gasteiger partial charge in [-0.15, -0.1) is 0 Å². The second-order valence-corrected chi connectivity index (χ2v) is 6.09. The predicted molar refractivity (Wildman–Crippen MR) is 95.2 cm³/mol. The first-order chi connectivity index (χ1) is 11.7. The van der Waals surface area contributed by atoms with Gasteiger partial charge in [0, 0.05) is 18.3 Å². The summed E-state index contributed by atoms with van der Waals surface area (Å²) < 4.78 is 5.21. The van der Waals surface area contributed by atoms with Crippen LogP contribution in [0.4, 0.5) is 11.4 Å². The van der Waals surface area contributed by atoms with E-state index in [-0.39, 0.29) is 11.7 Å². The lowest BCUT2D eigenvalue weighted by atomic mass is 9.82. The van der Waals surface area contributed by atoms with Crippen molar-refractivity contribution in [2.24, 2.45) is 4.99 Å². The quantitative estimate of drug-likeness (QED) is 0.902. The van der Waals surface area contributed by atoms with Crippen molar-refractivity contribution in [3.05, 3.63) is 65.4 Å². The van der Waals surface area contributed by atoms with E-state index in [1.54, 1.807) is 13.3 Å². The van der Waals surface area contributed by atoms with Crippen molar-refractivity contribution in [2.45, 2.75) is 18.8 Å². The number of para-hydroxylation sites is 2. The summed E-state index contributed by atoms with van der Waals surface area (Å²) in [6.07, 6.45) is 3.02. The number of Topliss-reactive ketones (excluding diaryl/α,β-unsaturated/α-hetero) is 1. The van der Waals surface area contributed by atoms with Gasteiger partial charge in [0.2, 0.25) is 0 Å². The third-order valence-corrected chi connectivity index (χ3v) is 4.62. The molecule has 4 heteroatoms. The number of ether oxygens (including phenoxy) is 1. The Kier molecular flexibility index (Phi) is 3.65. The first kappa shape index (κ1) is 14.7. The normalized spacial score (nSPS) is 19.2. The number of anilines is 1. The maximum Gasteiger partial charge on any atom is 0.166 e. The fourth-order valence-electron chi connectivity index (χ4n) is 3.30. The standard InChI is InChI=1S/C20H18N2O2/c1-24-15-8-6-13(7-9-15)14-10-19-16(20(23)11-14)12-21-17-4-2-3-5-18(17)22-19/h2-9,12,14,22H,10-11H2,1H3. The van der Waals surface area contributed by atoms with Crippen molar-refractivity contribution in [3.63, 3.8) is 0 Å². The van der Waals surface area contributed by atoms with Gasteiger partial charge in [-0.1, -0.05) is 24.3 Å². The summed E-state index contributed by atoms with van der Waals surface area (Å²) >= 11 is 0. The molecule has 0 bridgehead atoms. The van der Waals surface area contributed by atoms with Gasteiger partial charge in [-0.2, -0.15) is 0 Å². The molecule has 1 unspecified atom stereocenters. The first-order valence-electron chi connectivity index (χ1n) is 8.05. The Morgan fingerprint density at radius 1 is 1.08 bits per heavy atom. The topological polar surface area (TPSA) is 50.7 Å². The molecule has 0 aromatic heterocycles. The van der Waals surface area contributed by atoms with Gasteiger partial charge in [-0.3, -0.25) is 9.79 Å². The minimum absolute atomic E-state index is 0.140. The fourth-order valence-corrected chi connectivity index (χ4v) is 3.30.